The van der Waals surface area contributed by atoms with Gasteiger partial charge in [0.05, 0.1) is 11.7 Å². The predicted octanol–water partition coefficient (Wildman–Crippen LogP) is 3.72. The number of esters is 1. The smallest absolute Gasteiger partial charge is 0.338 e. The Hall–Kier alpha value is -0.300. The first-order valence-electron chi connectivity index (χ1n) is 4.70. The Morgan fingerprint density at radius 2 is 1.83 bits per heavy atom. The van der Waals surface area contributed by atoms with E-state index in [9.17, 15) is 4.79 Å². The Morgan fingerprint density at radius 3 is 2.22 bits per heavy atom. The Labute approximate surface area is 123 Å². The van der Waals surface area contributed by atoms with E-state index >= 15 is 0 Å². The van der Waals surface area contributed by atoms with Crippen LogP contribution in [0, 0.1) is 0 Å². The van der Waals surface area contributed by atoms with Crippen LogP contribution in [0.1, 0.15) is 24.2 Å². The molecule has 0 aliphatic heterocycles. The van der Waals surface area contributed by atoms with Gasteiger partial charge in [0.1, 0.15) is 0 Å². The molecule has 0 saturated carbocycles. The van der Waals surface area contributed by atoms with Crippen LogP contribution in [-0.2, 0) is 13.0 Å². The number of rotatable bonds is 2. The molecule has 18 heavy (non-hydrogen) atoms. The summed E-state index contributed by atoms with van der Waals surface area (Å²) >= 11 is 3.29. The summed E-state index contributed by atoms with van der Waals surface area (Å²) in [4.78, 5) is 11.4. The van der Waals surface area contributed by atoms with E-state index in [2.05, 4.69) is 37.3 Å². The average molecular weight is 378 g/mol. The Morgan fingerprint density at radius 1 is 1.33 bits per heavy atom. The largest absolute Gasteiger partial charge is 0.459 e. The molecule has 0 fully saturated rings. The fourth-order valence-electron chi connectivity index (χ4n) is 0.898. The molecule has 4 nitrogen and oxygen atoms in total. The quantitative estimate of drug-likeness (QED) is 0.582. The maximum Gasteiger partial charge on any atom is 0.338 e. The molecule has 1 rings (SSSR count). The van der Waals surface area contributed by atoms with Gasteiger partial charge in [-0.25, -0.2) is 4.79 Å². The molecule has 0 aliphatic rings. The summed E-state index contributed by atoms with van der Waals surface area (Å²) in [7, 11) is 4.81. The van der Waals surface area contributed by atoms with Gasteiger partial charge >= 0.3 is 14.2 Å². The minimum atomic E-state index is -3.72. The minimum absolute atomic E-state index is 0.0773. The van der Waals surface area contributed by atoms with Gasteiger partial charge in [-0.05, 0) is 32.0 Å². The van der Waals surface area contributed by atoms with E-state index in [0.717, 1.165) is 4.47 Å². The molecule has 0 atom stereocenters. The first-order chi connectivity index (χ1) is 8.09. The lowest BCUT2D eigenvalue weighted by Gasteiger charge is -2.07. The summed E-state index contributed by atoms with van der Waals surface area (Å²) in [5.41, 5.74) is 0.572. The van der Waals surface area contributed by atoms with Crippen LogP contribution in [0.2, 0.25) is 0 Å². The number of ether oxygens (including phenoxy) is 1. The van der Waals surface area contributed by atoms with Gasteiger partial charge in [-0.1, -0.05) is 22.0 Å². The highest BCUT2D eigenvalue weighted by molar-refractivity contribution is 9.10. The molecule has 102 valence electrons. The normalized spacial score (nSPS) is 10.6. The van der Waals surface area contributed by atoms with Crippen LogP contribution in [0.15, 0.2) is 28.7 Å². The molecule has 0 unspecified atom stereocenters. The molecule has 1 aromatic carbocycles. The molecule has 0 aromatic heterocycles. The molecule has 0 amide bonds. The lowest BCUT2D eigenvalue weighted by Crippen LogP contribution is -2.11. The van der Waals surface area contributed by atoms with Crippen LogP contribution in [0.5, 0.6) is 0 Å². The Bertz CT molecular complexity index is 494. The van der Waals surface area contributed by atoms with Crippen molar-refractivity contribution in [3.8, 4) is 0 Å². The zero-order chi connectivity index (χ0) is 14.3. The first-order valence-corrected chi connectivity index (χ1v) is 8.63. The van der Waals surface area contributed by atoms with Crippen molar-refractivity contribution < 1.29 is 17.9 Å². The number of benzene rings is 1. The van der Waals surface area contributed by atoms with Gasteiger partial charge in [0.15, 0.2) is 0 Å². The summed E-state index contributed by atoms with van der Waals surface area (Å²) in [6.45, 7) is 3.66. The van der Waals surface area contributed by atoms with Crippen molar-refractivity contribution >= 4 is 51.5 Å². The van der Waals surface area contributed by atoms with E-state index in [1.54, 1.807) is 18.2 Å². The summed E-state index contributed by atoms with van der Waals surface area (Å²) < 4.78 is 24.2. The topological polar surface area (TPSA) is 60.4 Å². The van der Waals surface area contributed by atoms with Crippen molar-refractivity contribution in [1.29, 1.82) is 0 Å². The zero-order valence-corrected chi connectivity index (χ0v) is 13.5. The molecule has 0 radical (unpaired) electrons. The van der Waals surface area contributed by atoms with E-state index in [4.69, 9.17) is 13.2 Å². The molecule has 1 aromatic rings. The summed E-state index contributed by atoms with van der Waals surface area (Å²) in [5.74, 6) is -0.281. The van der Waals surface area contributed by atoms with Gasteiger partial charge in [0, 0.05) is 25.8 Å². The van der Waals surface area contributed by atoms with E-state index in [0.29, 0.717) is 5.56 Å². The van der Waals surface area contributed by atoms with Gasteiger partial charge in [-0.15, -0.1) is 0 Å². The van der Waals surface area contributed by atoms with Crippen LogP contribution in [0.25, 0.3) is 0 Å². The maximum absolute atomic E-state index is 11.4. The molecule has 0 bridgehead atoms. The van der Waals surface area contributed by atoms with Crippen molar-refractivity contribution in [3.63, 3.8) is 0 Å². The number of hydrogen-bond donors (Lipinski definition) is 0. The highest BCUT2D eigenvalue weighted by Gasteiger charge is 2.08. The van der Waals surface area contributed by atoms with Crippen LogP contribution in [-0.4, -0.2) is 20.5 Å². The van der Waals surface area contributed by atoms with Crippen LogP contribution < -0.4 is 0 Å². The average Bonchev–Trinajstić information content (AvgIpc) is 2.13. The molecule has 8 heteroatoms. The van der Waals surface area contributed by atoms with Gasteiger partial charge in [0.2, 0.25) is 0 Å². The second kappa shape index (κ2) is 7.99. The highest BCUT2D eigenvalue weighted by Crippen LogP contribution is 2.12. The molecule has 0 heterocycles. The SMILES string of the molecule is CC(C)OC(=O)c1cccc(Br)c1.O=S(=O)(Cl)Cl. The highest BCUT2D eigenvalue weighted by atomic mass is 79.9. The second-order valence-corrected chi connectivity index (χ2v) is 7.93. The molecule has 0 aliphatic carbocycles. The van der Waals surface area contributed by atoms with E-state index < -0.39 is 8.26 Å². The summed E-state index contributed by atoms with van der Waals surface area (Å²) in [6, 6.07) is 7.15. The van der Waals surface area contributed by atoms with Crippen LogP contribution >= 0.6 is 37.3 Å². The number of halogens is 3. The van der Waals surface area contributed by atoms with Crippen molar-refractivity contribution in [2.75, 3.05) is 0 Å². The fourth-order valence-corrected chi connectivity index (χ4v) is 1.30. The minimum Gasteiger partial charge on any atom is -0.459 e. The third-order valence-corrected chi connectivity index (χ3v) is 1.90. The summed E-state index contributed by atoms with van der Waals surface area (Å²) in [5, 5.41) is 0. The summed E-state index contributed by atoms with van der Waals surface area (Å²) in [6.07, 6.45) is -0.0773. The lowest BCUT2D eigenvalue weighted by atomic mass is 10.2. The maximum atomic E-state index is 11.4. The lowest BCUT2D eigenvalue weighted by molar-refractivity contribution is 0.0378. The van der Waals surface area contributed by atoms with Gasteiger partial charge < -0.3 is 4.74 Å². The van der Waals surface area contributed by atoms with Gasteiger partial charge in [0.25, 0.3) is 0 Å². The van der Waals surface area contributed by atoms with Crippen molar-refractivity contribution in [3.05, 3.63) is 34.3 Å². The van der Waals surface area contributed by atoms with Crippen molar-refractivity contribution in [1.82, 2.24) is 0 Å². The number of hydrogen-bond acceptors (Lipinski definition) is 4. The predicted molar refractivity (Wildman–Crippen MR) is 75.3 cm³/mol. The molecule has 0 spiro atoms. The Kier molecular flexibility index (Phi) is 7.86. The van der Waals surface area contributed by atoms with Gasteiger partial charge in [-0.3, -0.25) is 0 Å². The first kappa shape index (κ1) is 17.7. The second-order valence-electron chi connectivity index (χ2n) is 3.34. The van der Waals surface area contributed by atoms with Crippen LogP contribution in [0.4, 0.5) is 0 Å². The third-order valence-electron chi connectivity index (χ3n) is 1.40. The van der Waals surface area contributed by atoms with Crippen LogP contribution in [0.3, 0.4) is 0 Å². The monoisotopic (exact) mass is 376 g/mol. The van der Waals surface area contributed by atoms with Crippen molar-refractivity contribution in [2.24, 2.45) is 0 Å². The van der Waals surface area contributed by atoms with Crippen molar-refractivity contribution in [2.45, 2.75) is 20.0 Å². The molecule has 0 saturated heterocycles. The van der Waals surface area contributed by atoms with Gasteiger partial charge in [-0.2, -0.15) is 8.42 Å². The van der Waals surface area contributed by atoms with E-state index in [1.165, 1.54) is 0 Å². The third kappa shape index (κ3) is 10.8. The molecular formula is C10H11BrCl2O4S. The van der Waals surface area contributed by atoms with E-state index in [-0.39, 0.29) is 12.1 Å². The van der Waals surface area contributed by atoms with E-state index in [1.807, 2.05) is 19.9 Å². The molecular weight excluding hydrogens is 367 g/mol. The zero-order valence-electron chi connectivity index (χ0n) is 9.56. The molecule has 0 N–H and O–H groups in total. The number of carbonyl (C=O) groups excluding carboxylic acids is 1. The fraction of sp³-hybridized carbons (Fsp3) is 0.300. The standard InChI is InChI=1S/C10H11BrO2.Cl2O2S/c1-7(2)13-10(12)8-4-3-5-9(11)6-8;1-5(2,3)4/h3-7H,1-2H3;. The number of carbonyl (C=O) groups is 1. The Balaban J connectivity index is 0.000000494.